The van der Waals surface area contributed by atoms with Gasteiger partial charge in [-0.3, -0.25) is 14.5 Å². The van der Waals surface area contributed by atoms with E-state index in [4.69, 9.17) is 21.1 Å². The third-order valence-electron chi connectivity index (χ3n) is 5.24. The molecule has 8 heteroatoms. The molecule has 2 aliphatic rings. The summed E-state index contributed by atoms with van der Waals surface area (Å²) in [5.74, 6) is 1.49. The maximum absolute atomic E-state index is 12.7. The second kappa shape index (κ2) is 8.76. The Morgan fingerprint density at radius 3 is 2.53 bits per heavy atom. The molecule has 32 heavy (non-hydrogen) atoms. The molecule has 0 unspecified atom stereocenters. The molecule has 1 fully saturated rings. The summed E-state index contributed by atoms with van der Waals surface area (Å²) in [6.07, 6.45) is 0. The molecule has 1 N–H and O–H groups in total. The van der Waals surface area contributed by atoms with Crippen molar-refractivity contribution >= 4 is 46.6 Å². The monoisotopic (exact) mass is 466 g/mol. The quantitative estimate of drug-likeness (QED) is 0.576. The van der Waals surface area contributed by atoms with E-state index in [1.54, 1.807) is 40.9 Å². The second-order valence-corrected chi connectivity index (χ2v) is 8.79. The van der Waals surface area contributed by atoms with Crippen molar-refractivity contribution in [2.75, 3.05) is 29.2 Å². The molecule has 3 aromatic carbocycles. The molecular formula is C24H19ClN2O4S. The molecule has 3 aromatic rings. The van der Waals surface area contributed by atoms with Gasteiger partial charge >= 0.3 is 0 Å². The topological polar surface area (TPSA) is 67.9 Å². The van der Waals surface area contributed by atoms with E-state index >= 15 is 0 Å². The van der Waals surface area contributed by atoms with Crippen LogP contribution in [-0.4, -0.2) is 30.8 Å². The van der Waals surface area contributed by atoms with Gasteiger partial charge in [-0.25, -0.2) is 0 Å². The van der Waals surface area contributed by atoms with Crippen molar-refractivity contribution in [3.05, 3.63) is 82.9 Å². The highest BCUT2D eigenvalue weighted by atomic mass is 35.5. The van der Waals surface area contributed by atoms with E-state index in [1.165, 1.54) is 0 Å². The molecule has 162 valence electrons. The molecule has 6 nitrogen and oxygen atoms in total. The summed E-state index contributed by atoms with van der Waals surface area (Å²) >= 11 is 7.67. The Hall–Kier alpha value is -3.16. The van der Waals surface area contributed by atoms with Crippen LogP contribution < -0.4 is 19.7 Å². The standard InChI is InChI=1S/C24H19ClN2O4S/c25-19-4-2-1-3-18(19)23(29)26-16-7-5-15(6-8-16)24-27(22(28)14-32-24)17-9-10-20-21(13-17)31-12-11-30-20/h1-10,13,24H,11-12,14H2,(H,26,29)/t24-/m0/s1. The van der Waals surface area contributed by atoms with Crippen LogP contribution in [-0.2, 0) is 4.79 Å². The van der Waals surface area contributed by atoms with Crippen molar-refractivity contribution in [3.63, 3.8) is 0 Å². The Balaban J connectivity index is 1.35. The first kappa shape index (κ1) is 20.7. The lowest BCUT2D eigenvalue weighted by atomic mass is 10.1. The minimum absolute atomic E-state index is 0.0350. The highest BCUT2D eigenvalue weighted by Gasteiger charge is 2.34. The Kier molecular flexibility index (Phi) is 5.68. The molecule has 0 aromatic heterocycles. The van der Waals surface area contributed by atoms with Crippen molar-refractivity contribution in [2.45, 2.75) is 5.37 Å². The van der Waals surface area contributed by atoms with Crippen LogP contribution in [0.2, 0.25) is 5.02 Å². The molecule has 0 bridgehead atoms. The molecule has 5 rings (SSSR count). The highest BCUT2D eigenvalue weighted by molar-refractivity contribution is 8.00. The van der Waals surface area contributed by atoms with Gasteiger partial charge < -0.3 is 14.8 Å². The predicted octanol–water partition coefficient (Wildman–Crippen LogP) is 5.14. The van der Waals surface area contributed by atoms with E-state index in [2.05, 4.69) is 5.32 Å². The minimum atomic E-state index is -0.272. The number of amides is 2. The largest absolute Gasteiger partial charge is 0.486 e. The molecule has 2 heterocycles. The predicted molar refractivity (Wildman–Crippen MR) is 126 cm³/mol. The van der Waals surface area contributed by atoms with Gasteiger partial charge in [0.1, 0.15) is 18.6 Å². The number of carbonyl (C=O) groups excluding carboxylic acids is 2. The molecule has 1 saturated heterocycles. The smallest absolute Gasteiger partial charge is 0.257 e. The number of nitrogens with zero attached hydrogens (tertiary/aromatic N) is 1. The lowest BCUT2D eigenvalue weighted by Gasteiger charge is -2.26. The Labute approximate surface area is 194 Å². The van der Waals surface area contributed by atoms with E-state index in [9.17, 15) is 9.59 Å². The molecule has 2 aliphatic heterocycles. The van der Waals surface area contributed by atoms with Gasteiger partial charge in [0.2, 0.25) is 5.91 Å². The maximum atomic E-state index is 12.7. The first-order valence-corrected chi connectivity index (χ1v) is 11.5. The summed E-state index contributed by atoms with van der Waals surface area (Å²) in [4.78, 5) is 27.0. The van der Waals surface area contributed by atoms with Gasteiger partial charge in [-0.05, 0) is 42.0 Å². The van der Waals surface area contributed by atoms with Crippen LogP contribution in [0, 0.1) is 0 Å². The van der Waals surface area contributed by atoms with Gasteiger partial charge in [0.05, 0.1) is 16.3 Å². The minimum Gasteiger partial charge on any atom is -0.486 e. The zero-order valence-electron chi connectivity index (χ0n) is 16.9. The van der Waals surface area contributed by atoms with Gasteiger partial charge in [0.15, 0.2) is 11.5 Å². The number of carbonyl (C=O) groups is 2. The number of fused-ring (bicyclic) bond motifs is 1. The number of anilines is 2. The SMILES string of the molecule is O=C(Nc1ccc([C@@H]2SCC(=O)N2c2ccc3c(c2)OCCO3)cc1)c1ccccc1Cl. The number of ether oxygens (including phenoxy) is 2. The highest BCUT2D eigenvalue weighted by Crippen LogP contribution is 2.44. The maximum Gasteiger partial charge on any atom is 0.257 e. The number of hydrogen-bond acceptors (Lipinski definition) is 5. The van der Waals surface area contributed by atoms with Gasteiger partial charge in [-0.2, -0.15) is 0 Å². The number of halogens is 1. The zero-order valence-corrected chi connectivity index (χ0v) is 18.5. The number of nitrogens with one attached hydrogen (secondary N) is 1. The number of rotatable bonds is 4. The van der Waals surface area contributed by atoms with Crippen LogP contribution in [0.25, 0.3) is 0 Å². The Bertz CT molecular complexity index is 1180. The molecule has 0 radical (unpaired) electrons. The van der Waals surface area contributed by atoms with Crippen LogP contribution in [0.15, 0.2) is 66.7 Å². The van der Waals surface area contributed by atoms with Gasteiger partial charge in [-0.15, -0.1) is 11.8 Å². The zero-order chi connectivity index (χ0) is 22.1. The van der Waals surface area contributed by atoms with Crippen LogP contribution in [0.5, 0.6) is 11.5 Å². The normalized spacial score (nSPS) is 17.3. The molecular weight excluding hydrogens is 448 g/mol. The van der Waals surface area contributed by atoms with Gasteiger partial charge in [0.25, 0.3) is 5.91 Å². The van der Waals surface area contributed by atoms with Crippen LogP contribution >= 0.6 is 23.4 Å². The van der Waals surface area contributed by atoms with Crippen LogP contribution in [0.1, 0.15) is 21.3 Å². The van der Waals surface area contributed by atoms with E-state index in [1.807, 2.05) is 42.5 Å². The van der Waals surface area contributed by atoms with Crippen molar-refractivity contribution in [3.8, 4) is 11.5 Å². The number of hydrogen-bond donors (Lipinski definition) is 1. The summed E-state index contributed by atoms with van der Waals surface area (Å²) in [6.45, 7) is 1.01. The summed E-state index contributed by atoms with van der Waals surface area (Å²) in [7, 11) is 0. The van der Waals surface area contributed by atoms with Crippen molar-refractivity contribution in [1.82, 2.24) is 0 Å². The van der Waals surface area contributed by atoms with Crippen LogP contribution in [0.4, 0.5) is 11.4 Å². The van der Waals surface area contributed by atoms with Crippen LogP contribution in [0.3, 0.4) is 0 Å². The Morgan fingerprint density at radius 2 is 1.75 bits per heavy atom. The molecule has 0 aliphatic carbocycles. The van der Waals surface area contributed by atoms with E-state index in [0.29, 0.717) is 46.7 Å². The van der Waals surface area contributed by atoms with Crippen molar-refractivity contribution in [1.29, 1.82) is 0 Å². The fourth-order valence-electron chi connectivity index (χ4n) is 3.71. The molecule has 0 spiro atoms. The van der Waals surface area contributed by atoms with Crippen molar-refractivity contribution < 1.29 is 19.1 Å². The fraction of sp³-hybridized carbons (Fsp3) is 0.167. The first-order valence-electron chi connectivity index (χ1n) is 10.1. The average Bonchev–Trinajstić information content (AvgIpc) is 3.20. The number of thioether (sulfide) groups is 1. The van der Waals surface area contributed by atoms with E-state index < -0.39 is 0 Å². The summed E-state index contributed by atoms with van der Waals surface area (Å²) in [5, 5.41) is 3.09. The third kappa shape index (κ3) is 4.01. The third-order valence-corrected chi connectivity index (χ3v) is 6.79. The molecule has 1 atom stereocenters. The van der Waals surface area contributed by atoms with E-state index in [0.717, 1.165) is 11.3 Å². The lowest BCUT2D eigenvalue weighted by Crippen LogP contribution is -2.28. The van der Waals surface area contributed by atoms with Crippen molar-refractivity contribution in [2.24, 2.45) is 0 Å². The Morgan fingerprint density at radius 1 is 1.00 bits per heavy atom. The van der Waals surface area contributed by atoms with Gasteiger partial charge in [0, 0.05) is 17.4 Å². The molecule has 0 saturated carbocycles. The lowest BCUT2D eigenvalue weighted by molar-refractivity contribution is -0.115. The summed E-state index contributed by atoms with van der Waals surface area (Å²) in [5.41, 5.74) is 2.80. The summed E-state index contributed by atoms with van der Waals surface area (Å²) in [6, 6.07) is 20.0. The first-order chi connectivity index (χ1) is 15.6. The van der Waals surface area contributed by atoms with Gasteiger partial charge in [-0.1, -0.05) is 35.9 Å². The fourth-order valence-corrected chi connectivity index (χ4v) is 5.11. The summed E-state index contributed by atoms with van der Waals surface area (Å²) < 4.78 is 11.3. The average molecular weight is 467 g/mol. The molecule has 2 amide bonds. The van der Waals surface area contributed by atoms with E-state index in [-0.39, 0.29) is 17.2 Å². The second-order valence-electron chi connectivity index (χ2n) is 7.31. The number of benzene rings is 3.